The molecule has 1 heterocycles. The van der Waals surface area contributed by atoms with Gasteiger partial charge in [-0.2, -0.15) is 11.8 Å². The summed E-state index contributed by atoms with van der Waals surface area (Å²) in [6.07, 6.45) is 1.87. The van der Waals surface area contributed by atoms with E-state index in [1.807, 2.05) is 6.26 Å². The maximum atomic E-state index is 11.5. The Bertz CT molecular complexity index is 419. The highest BCUT2D eigenvalue weighted by Crippen LogP contribution is 2.02. The quantitative estimate of drug-likeness (QED) is 0.639. The zero-order chi connectivity index (χ0) is 12.0. The fraction of sp³-hybridized carbons (Fsp3) is 0.444. The Morgan fingerprint density at radius 3 is 3.06 bits per heavy atom. The maximum Gasteiger partial charge on any atom is 0.270 e. The van der Waals surface area contributed by atoms with Crippen LogP contribution >= 0.6 is 11.8 Å². The number of H-pyrrole nitrogens is 1. The summed E-state index contributed by atoms with van der Waals surface area (Å²) in [5.74, 6) is 0.549. The van der Waals surface area contributed by atoms with Crippen molar-refractivity contribution >= 4 is 17.7 Å². The fourth-order valence-corrected chi connectivity index (χ4v) is 1.50. The van der Waals surface area contributed by atoms with Crippen LogP contribution in [0.4, 0.5) is 0 Å². The van der Waals surface area contributed by atoms with Crippen LogP contribution in [0.2, 0.25) is 0 Å². The smallest absolute Gasteiger partial charge is 0.270 e. The van der Waals surface area contributed by atoms with E-state index in [1.165, 1.54) is 11.8 Å². The number of rotatable bonds is 5. The topological polar surface area (TPSA) is 95.1 Å². The molecule has 88 valence electrons. The lowest BCUT2D eigenvalue weighted by Gasteiger charge is -2.03. The van der Waals surface area contributed by atoms with Gasteiger partial charge in [-0.1, -0.05) is 0 Å². The summed E-state index contributed by atoms with van der Waals surface area (Å²) in [5, 5.41) is 11.0. The first-order valence-electron chi connectivity index (χ1n) is 4.65. The molecule has 16 heavy (non-hydrogen) atoms. The largest absolute Gasteiger partial charge is 0.395 e. The Hall–Kier alpha value is -1.34. The average Bonchev–Trinajstić information content (AvgIpc) is 2.25. The molecule has 0 atom stereocenters. The van der Waals surface area contributed by atoms with E-state index >= 15 is 0 Å². The highest BCUT2D eigenvalue weighted by molar-refractivity contribution is 7.97. The van der Waals surface area contributed by atoms with Crippen LogP contribution in [0, 0.1) is 0 Å². The Balaban J connectivity index is 2.86. The van der Waals surface area contributed by atoms with Crippen LogP contribution in [0.1, 0.15) is 16.3 Å². The van der Waals surface area contributed by atoms with E-state index in [9.17, 15) is 9.59 Å². The van der Waals surface area contributed by atoms with E-state index in [-0.39, 0.29) is 24.4 Å². The van der Waals surface area contributed by atoms with Crippen molar-refractivity contribution in [2.24, 2.45) is 0 Å². The number of aromatic amines is 1. The van der Waals surface area contributed by atoms with Gasteiger partial charge in [0.2, 0.25) is 0 Å². The van der Waals surface area contributed by atoms with E-state index in [0.717, 1.165) is 6.07 Å². The van der Waals surface area contributed by atoms with Crippen LogP contribution in [0.5, 0.6) is 0 Å². The average molecular weight is 243 g/mol. The number of aromatic nitrogens is 2. The van der Waals surface area contributed by atoms with Crippen molar-refractivity contribution in [1.82, 2.24) is 15.3 Å². The predicted octanol–water partition coefficient (Wildman–Crippen LogP) is -0.645. The van der Waals surface area contributed by atoms with Gasteiger partial charge in [-0.25, -0.2) is 4.98 Å². The molecule has 0 radical (unpaired) electrons. The maximum absolute atomic E-state index is 11.5. The number of amides is 1. The molecule has 1 rings (SSSR count). The highest BCUT2D eigenvalue weighted by atomic mass is 32.2. The van der Waals surface area contributed by atoms with Crippen LogP contribution in [0.15, 0.2) is 10.9 Å². The van der Waals surface area contributed by atoms with E-state index in [0.29, 0.717) is 11.6 Å². The van der Waals surface area contributed by atoms with Crippen molar-refractivity contribution in [3.05, 3.63) is 27.9 Å². The zero-order valence-electron chi connectivity index (χ0n) is 8.82. The third-order valence-corrected chi connectivity index (χ3v) is 2.26. The summed E-state index contributed by atoms with van der Waals surface area (Å²) >= 11 is 1.50. The minimum absolute atomic E-state index is 0.0706. The summed E-state index contributed by atoms with van der Waals surface area (Å²) in [4.78, 5) is 29.2. The number of carbonyl (C=O) groups is 1. The zero-order valence-corrected chi connectivity index (χ0v) is 9.63. The summed E-state index contributed by atoms with van der Waals surface area (Å²) in [6, 6.07) is 1.14. The van der Waals surface area contributed by atoms with Crippen LogP contribution < -0.4 is 10.9 Å². The van der Waals surface area contributed by atoms with Gasteiger partial charge in [0.15, 0.2) is 0 Å². The van der Waals surface area contributed by atoms with Gasteiger partial charge in [0, 0.05) is 12.6 Å². The van der Waals surface area contributed by atoms with E-state index in [2.05, 4.69) is 15.3 Å². The minimum atomic E-state index is -0.456. The number of carbonyl (C=O) groups excluding carboxylic acids is 1. The second-order valence-electron chi connectivity index (χ2n) is 2.99. The van der Waals surface area contributed by atoms with E-state index < -0.39 is 5.91 Å². The second-order valence-corrected chi connectivity index (χ2v) is 3.86. The number of thioether (sulfide) groups is 1. The van der Waals surface area contributed by atoms with Crippen LogP contribution in [0.3, 0.4) is 0 Å². The van der Waals surface area contributed by atoms with Crippen LogP contribution in [0.25, 0.3) is 0 Å². The molecule has 3 N–H and O–H groups in total. The molecule has 0 aromatic carbocycles. The van der Waals surface area contributed by atoms with Crippen LogP contribution in [-0.2, 0) is 5.75 Å². The fourth-order valence-electron chi connectivity index (χ4n) is 1.09. The Labute approximate surface area is 96.5 Å². The number of hydrogen-bond acceptors (Lipinski definition) is 5. The first kappa shape index (κ1) is 12.7. The van der Waals surface area contributed by atoms with Gasteiger partial charge in [-0.15, -0.1) is 0 Å². The van der Waals surface area contributed by atoms with Gasteiger partial charge in [0.25, 0.3) is 11.5 Å². The second kappa shape index (κ2) is 6.29. The van der Waals surface area contributed by atoms with Gasteiger partial charge in [0.05, 0.1) is 12.4 Å². The predicted molar refractivity (Wildman–Crippen MR) is 61.5 cm³/mol. The third kappa shape index (κ3) is 3.67. The summed E-state index contributed by atoms with van der Waals surface area (Å²) in [6.45, 7) is -0.00221. The lowest BCUT2D eigenvalue weighted by molar-refractivity contribution is 0.0939. The number of hydrogen-bond donors (Lipinski definition) is 3. The van der Waals surface area contributed by atoms with Crippen molar-refractivity contribution in [2.45, 2.75) is 5.75 Å². The lowest BCUT2D eigenvalue weighted by atomic mass is 10.3. The van der Waals surface area contributed by atoms with E-state index in [4.69, 9.17) is 5.11 Å². The Kier molecular flexibility index (Phi) is 5.00. The van der Waals surface area contributed by atoms with Crippen molar-refractivity contribution in [1.29, 1.82) is 0 Å². The normalized spacial score (nSPS) is 10.1. The number of nitrogens with one attached hydrogen (secondary N) is 2. The molecule has 0 saturated heterocycles. The molecular weight excluding hydrogens is 230 g/mol. The van der Waals surface area contributed by atoms with Crippen molar-refractivity contribution in [3.8, 4) is 0 Å². The molecule has 1 amide bonds. The van der Waals surface area contributed by atoms with E-state index in [1.54, 1.807) is 0 Å². The minimum Gasteiger partial charge on any atom is -0.395 e. The van der Waals surface area contributed by atoms with Gasteiger partial charge >= 0.3 is 0 Å². The monoisotopic (exact) mass is 243 g/mol. The van der Waals surface area contributed by atoms with Gasteiger partial charge in [0.1, 0.15) is 11.5 Å². The molecule has 1 aromatic rings. The van der Waals surface area contributed by atoms with Gasteiger partial charge in [-0.05, 0) is 6.26 Å². The summed E-state index contributed by atoms with van der Waals surface area (Å²) < 4.78 is 0. The molecule has 0 aliphatic carbocycles. The summed E-state index contributed by atoms with van der Waals surface area (Å²) in [7, 11) is 0. The first-order chi connectivity index (χ1) is 7.67. The molecule has 0 aliphatic rings. The molecule has 0 unspecified atom stereocenters. The van der Waals surface area contributed by atoms with Crippen molar-refractivity contribution < 1.29 is 9.90 Å². The van der Waals surface area contributed by atoms with Crippen LogP contribution in [-0.4, -0.2) is 40.4 Å². The number of aliphatic hydroxyl groups excluding tert-OH is 1. The van der Waals surface area contributed by atoms with Crippen molar-refractivity contribution in [3.63, 3.8) is 0 Å². The molecule has 0 bridgehead atoms. The first-order valence-corrected chi connectivity index (χ1v) is 6.05. The standard InChI is InChI=1S/C9H13N3O3S/c1-16-5-7-11-6(4-8(14)12-7)9(15)10-2-3-13/h4,13H,2-3,5H2,1H3,(H,10,15)(H,11,12,14). The highest BCUT2D eigenvalue weighted by Gasteiger charge is 2.09. The van der Waals surface area contributed by atoms with Crippen molar-refractivity contribution in [2.75, 3.05) is 19.4 Å². The molecular formula is C9H13N3O3S. The van der Waals surface area contributed by atoms with Gasteiger partial charge < -0.3 is 15.4 Å². The molecule has 7 heteroatoms. The molecule has 0 saturated carbocycles. The lowest BCUT2D eigenvalue weighted by Crippen LogP contribution is -2.29. The Morgan fingerprint density at radius 2 is 2.44 bits per heavy atom. The number of nitrogens with zero attached hydrogens (tertiary/aromatic N) is 1. The molecule has 1 aromatic heterocycles. The summed E-state index contributed by atoms with van der Waals surface area (Å²) in [5.41, 5.74) is -0.283. The third-order valence-electron chi connectivity index (χ3n) is 1.70. The number of aliphatic hydroxyl groups is 1. The van der Waals surface area contributed by atoms with Gasteiger partial charge in [-0.3, -0.25) is 9.59 Å². The molecule has 6 nitrogen and oxygen atoms in total. The molecule has 0 fully saturated rings. The molecule has 0 spiro atoms. The SMILES string of the molecule is CSCc1nc(C(=O)NCCO)cc(=O)[nH]1. The Morgan fingerprint density at radius 1 is 1.69 bits per heavy atom. The molecule has 0 aliphatic heterocycles.